The van der Waals surface area contributed by atoms with Crippen LogP contribution in [0.1, 0.15) is 16.8 Å². The maximum absolute atomic E-state index is 12.8. The number of hydrogen-bond acceptors (Lipinski definition) is 2. The van der Waals surface area contributed by atoms with Gasteiger partial charge in [0.05, 0.1) is 12.0 Å². The Hall–Kier alpha value is -1.79. The SMILES string of the molecule is CN(CCC(F)(F)F)C(=O)c1ccc(F)cc1N. The van der Waals surface area contributed by atoms with E-state index in [9.17, 15) is 22.4 Å². The zero-order valence-corrected chi connectivity index (χ0v) is 9.59. The van der Waals surface area contributed by atoms with Crippen molar-refractivity contribution in [1.82, 2.24) is 4.90 Å². The molecule has 1 aromatic carbocycles. The lowest BCUT2D eigenvalue weighted by atomic mass is 10.1. The standard InChI is InChI=1S/C11H12F4N2O/c1-17(5-4-11(13,14)15)10(18)8-3-2-7(12)6-9(8)16/h2-3,6H,4-5,16H2,1H3. The predicted octanol–water partition coefficient (Wildman–Crippen LogP) is 2.43. The fraction of sp³-hybridized carbons (Fsp3) is 0.364. The second kappa shape index (κ2) is 5.24. The van der Waals surface area contributed by atoms with E-state index in [1.165, 1.54) is 7.05 Å². The van der Waals surface area contributed by atoms with Crippen molar-refractivity contribution in [2.24, 2.45) is 0 Å². The van der Waals surface area contributed by atoms with Crippen LogP contribution in [0.25, 0.3) is 0 Å². The Morgan fingerprint density at radius 3 is 2.50 bits per heavy atom. The van der Waals surface area contributed by atoms with Gasteiger partial charge in [0.25, 0.3) is 5.91 Å². The monoisotopic (exact) mass is 264 g/mol. The molecule has 18 heavy (non-hydrogen) atoms. The van der Waals surface area contributed by atoms with Crippen molar-refractivity contribution in [2.45, 2.75) is 12.6 Å². The van der Waals surface area contributed by atoms with Crippen LogP contribution in [0.15, 0.2) is 18.2 Å². The van der Waals surface area contributed by atoms with E-state index < -0.39 is 30.9 Å². The molecule has 0 atom stereocenters. The molecule has 0 aromatic heterocycles. The molecular formula is C11H12F4N2O. The van der Waals surface area contributed by atoms with Crippen LogP contribution in [0.4, 0.5) is 23.2 Å². The number of nitrogens with two attached hydrogens (primary N) is 1. The molecule has 100 valence electrons. The molecule has 2 N–H and O–H groups in total. The Morgan fingerprint density at radius 1 is 1.39 bits per heavy atom. The second-order valence-corrected chi connectivity index (χ2v) is 3.82. The number of benzene rings is 1. The molecule has 0 heterocycles. The summed E-state index contributed by atoms with van der Waals surface area (Å²) >= 11 is 0. The van der Waals surface area contributed by atoms with Gasteiger partial charge in [-0.25, -0.2) is 4.39 Å². The summed E-state index contributed by atoms with van der Waals surface area (Å²) in [6.45, 7) is -0.473. The Balaban J connectivity index is 2.74. The number of anilines is 1. The van der Waals surface area contributed by atoms with Crippen LogP contribution in [-0.4, -0.2) is 30.6 Å². The lowest BCUT2D eigenvalue weighted by Crippen LogP contribution is -2.31. The predicted molar refractivity (Wildman–Crippen MR) is 58.4 cm³/mol. The molecule has 0 saturated carbocycles. The van der Waals surface area contributed by atoms with Crippen LogP contribution in [0.2, 0.25) is 0 Å². The highest BCUT2D eigenvalue weighted by Crippen LogP contribution is 2.21. The third-order valence-corrected chi connectivity index (χ3v) is 2.32. The molecular weight excluding hydrogens is 252 g/mol. The van der Waals surface area contributed by atoms with E-state index in [0.717, 1.165) is 23.1 Å². The molecule has 0 fully saturated rings. The number of alkyl halides is 3. The van der Waals surface area contributed by atoms with Gasteiger partial charge < -0.3 is 10.6 Å². The average Bonchev–Trinajstić information content (AvgIpc) is 2.24. The quantitative estimate of drug-likeness (QED) is 0.673. The van der Waals surface area contributed by atoms with Gasteiger partial charge in [0.1, 0.15) is 5.82 Å². The molecule has 7 heteroatoms. The van der Waals surface area contributed by atoms with Gasteiger partial charge in [-0.05, 0) is 18.2 Å². The molecule has 1 rings (SSSR count). The van der Waals surface area contributed by atoms with Crippen molar-refractivity contribution >= 4 is 11.6 Å². The molecule has 0 aliphatic heterocycles. The minimum absolute atomic E-state index is 0.0129. The lowest BCUT2D eigenvalue weighted by Gasteiger charge is -2.19. The van der Waals surface area contributed by atoms with E-state index >= 15 is 0 Å². The molecule has 0 aliphatic rings. The molecule has 1 aromatic rings. The van der Waals surface area contributed by atoms with Gasteiger partial charge in [-0.15, -0.1) is 0 Å². The number of hydrogen-bond donors (Lipinski definition) is 1. The lowest BCUT2D eigenvalue weighted by molar-refractivity contribution is -0.136. The zero-order chi connectivity index (χ0) is 13.9. The number of carbonyl (C=O) groups is 1. The van der Waals surface area contributed by atoms with Crippen LogP contribution < -0.4 is 5.73 Å². The summed E-state index contributed by atoms with van der Waals surface area (Å²) in [6, 6.07) is 3.13. The minimum atomic E-state index is -4.33. The smallest absolute Gasteiger partial charge is 0.390 e. The Labute approximate surface area is 101 Å². The molecule has 3 nitrogen and oxygen atoms in total. The second-order valence-electron chi connectivity index (χ2n) is 3.82. The van der Waals surface area contributed by atoms with E-state index in [4.69, 9.17) is 5.73 Å². The highest BCUT2D eigenvalue weighted by molar-refractivity contribution is 5.98. The van der Waals surface area contributed by atoms with E-state index in [2.05, 4.69) is 0 Å². The van der Waals surface area contributed by atoms with Crippen LogP contribution >= 0.6 is 0 Å². The highest BCUT2D eigenvalue weighted by Gasteiger charge is 2.28. The van der Waals surface area contributed by atoms with Gasteiger partial charge in [0.15, 0.2) is 0 Å². The van der Waals surface area contributed by atoms with Crippen molar-refractivity contribution < 1.29 is 22.4 Å². The summed E-state index contributed by atoms with van der Waals surface area (Å²) in [4.78, 5) is 12.6. The number of carbonyl (C=O) groups excluding carboxylic acids is 1. The van der Waals surface area contributed by atoms with Gasteiger partial charge in [0, 0.05) is 19.3 Å². The number of halogens is 4. The van der Waals surface area contributed by atoms with E-state index in [-0.39, 0.29) is 11.3 Å². The maximum Gasteiger partial charge on any atom is 0.390 e. The van der Waals surface area contributed by atoms with E-state index in [1.807, 2.05) is 0 Å². The summed E-state index contributed by atoms with van der Waals surface area (Å²) in [5.74, 6) is -1.28. The summed E-state index contributed by atoms with van der Waals surface area (Å²) in [7, 11) is 1.23. The zero-order valence-electron chi connectivity index (χ0n) is 9.59. The van der Waals surface area contributed by atoms with Gasteiger partial charge >= 0.3 is 6.18 Å². The summed E-state index contributed by atoms with van der Waals surface area (Å²) < 4.78 is 48.8. The molecule has 0 aliphatic carbocycles. The Kier molecular flexibility index (Phi) is 4.15. The van der Waals surface area contributed by atoms with Crippen LogP contribution in [0, 0.1) is 5.82 Å². The summed E-state index contributed by atoms with van der Waals surface area (Å²) in [6.07, 6.45) is -5.43. The van der Waals surface area contributed by atoms with Crippen molar-refractivity contribution in [3.8, 4) is 0 Å². The first kappa shape index (κ1) is 14.3. The largest absolute Gasteiger partial charge is 0.398 e. The van der Waals surface area contributed by atoms with Crippen molar-refractivity contribution in [3.05, 3.63) is 29.6 Å². The minimum Gasteiger partial charge on any atom is -0.398 e. The van der Waals surface area contributed by atoms with Gasteiger partial charge in [-0.2, -0.15) is 13.2 Å². The Bertz CT molecular complexity index is 445. The van der Waals surface area contributed by atoms with Crippen LogP contribution in [0.3, 0.4) is 0 Å². The number of nitrogen functional groups attached to an aromatic ring is 1. The molecule has 0 bridgehead atoms. The number of amides is 1. The van der Waals surface area contributed by atoms with Crippen LogP contribution in [0.5, 0.6) is 0 Å². The first-order valence-electron chi connectivity index (χ1n) is 5.08. The topological polar surface area (TPSA) is 46.3 Å². The Morgan fingerprint density at radius 2 is 2.00 bits per heavy atom. The fourth-order valence-electron chi connectivity index (χ4n) is 1.33. The first-order valence-corrected chi connectivity index (χ1v) is 5.08. The molecule has 1 amide bonds. The van der Waals surface area contributed by atoms with Crippen molar-refractivity contribution in [3.63, 3.8) is 0 Å². The molecule has 0 spiro atoms. The average molecular weight is 264 g/mol. The fourth-order valence-corrected chi connectivity index (χ4v) is 1.33. The third-order valence-electron chi connectivity index (χ3n) is 2.32. The normalized spacial score (nSPS) is 11.4. The van der Waals surface area contributed by atoms with Crippen molar-refractivity contribution in [2.75, 3.05) is 19.3 Å². The number of rotatable bonds is 3. The summed E-state index contributed by atoms with van der Waals surface area (Å²) in [5, 5.41) is 0. The molecule has 0 saturated heterocycles. The maximum atomic E-state index is 12.8. The van der Waals surface area contributed by atoms with Gasteiger partial charge in [-0.1, -0.05) is 0 Å². The van der Waals surface area contributed by atoms with E-state index in [0.29, 0.717) is 0 Å². The first-order chi connectivity index (χ1) is 8.20. The summed E-state index contributed by atoms with van der Waals surface area (Å²) in [5.41, 5.74) is 5.32. The number of nitrogens with zero attached hydrogens (tertiary/aromatic N) is 1. The highest BCUT2D eigenvalue weighted by atomic mass is 19.4. The molecule has 0 radical (unpaired) electrons. The van der Waals surface area contributed by atoms with Crippen LogP contribution in [-0.2, 0) is 0 Å². The van der Waals surface area contributed by atoms with Gasteiger partial charge in [-0.3, -0.25) is 4.79 Å². The van der Waals surface area contributed by atoms with E-state index in [1.54, 1.807) is 0 Å². The van der Waals surface area contributed by atoms with Gasteiger partial charge in [0.2, 0.25) is 0 Å². The van der Waals surface area contributed by atoms with Crippen molar-refractivity contribution in [1.29, 1.82) is 0 Å². The third kappa shape index (κ3) is 3.90. The molecule has 0 unspecified atom stereocenters.